The molecule has 0 saturated carbocycles. The fourth-order valence-electron chi connectivity index (χ4n) is 2.45. The van der Waals surface area contributed by atoms with Crippen molar-refractivity contribution in [2.45, 2.75) is 29.4 Å². The molecule has 0 unspecified atom stereocenters. The average molecular weight is 297 g/mol. The highest BCUT2D eigenvalue weighted by molar-refractivity contribution is 7.98. The number of hydrogen-bond donors (Lipinski definition) is 1. The summed E-state index contributed by atoms with van der Waals surface area (Å²) in [5.74, 6) is -0.443. The standard InChI is InChI=1S/C13H15NO5S/c1-20-12-7(3-2-4-14-12)13(16)19-9-6-18-10-8(15)5-17-11(9)10/h2-4,8-11,15H,5-6H2,1H3/t8-,9+,10-,11-/m1/s1. The highest BCUT2D eigenvalue weighted by Gasteiger charge is 2.49. The van der Waals surface area contributed by atoms with Crippen LogP contribution in [0.4, 0.5) is 0 Å². The SMILES string of the molecule is CSc1ncccc1C(=O)O[C@H]1CO[C@H]2[C@@H]1OC[C@H]2O. The Balaban J connectivity index is 1.71. The van der Waals surface area contributed by atoms with Gasteiger partial charge in [-0.1, -0.05) is 0 Å². The second-order valence-electron chi connectivity index (χ2n) is 4.67. The van der Waals surface area contributed by atoms with E-state index in [1.807, 2.05) is 6.26 Å². The van der Waals surface area contributed by atoms with Gasteiger partial charge in [-0.05, 0) is 18.4 Å². The Morgan fingerprint density at radius 2 is 2.25 bits per heavy atom. The minimum atomic E-state index is -0.649. The number of hydrogen-bond acceptors (Lipinski definition) is 7. The quantitative estimate of drug-likeness (QED) is 0.642. The second kappa shape index (κ2) is 5.69. The zero-order chi connectivity index (χ0) is 14.1. The molecule has 1 aromatic heterocycles. The molecule has 0 bridgehead atoms. The van der Waals surface area contributed by atoms with Crippen LogP contribution in [0.1, 0.15) is 10.4 Å². The molecule has 0 aromatic carbocycles. The monoisotopic (exact) mass is 297 g/mol. The molecule has 108 valence electrons. The predicted octanol–water partition coefficient (Wildman–Crippen LogP) is 0.487. The van der Waals surface area contributed by atoms with Gasteiger partial charge >= 0.3 is 5.97 Å². The van der Waals surface area contributed by atoms with Gasteiger partial charge in [0.2, 0.25) is 0 Å². The summed E-state index contributed by atoms with van der Waals surface area (Å²) in [6.07, 6.45) is 1.56. The third kappa shape index (κ3) is 2.42. The molecule has 0 radical (unpaired) electrons. The summed E-state index contributed by atoms with van der Waals surface area (Å²) < 4.78 is 16.3. The third-order valence-corrected chi connectivity index (χ3v) is 4.14. The Kier molecular flexibility index (Phi) is 3.93. The van der Waals surface area contributed by atoms with Gasteiger partial charge in [-0.2, -0.15) is 0 Å². The maximum Gasteiger partial charge on any atom is 0.341 e. The Hall–Kier alpha value is -1.15. The molecule has 0 aliphatic carbocycles. The van der Waals surface area contributed by atoms with Crippen molar-refractivity contribution in [1.82, 2.24) is 4.98 Å². The molecular weight excluding hydrogens is 282 g/mol. The van der Waals surface area contributed by atoms with Crippen LogP contribution >= 0.6 is 11.8 Å². The van der Waals surface area contributed by atoms with Crippen LogP contribution < -0.4 is 0 Å². The fraction of sp³-hybridized carbons (Fsp3) is 0.538. The lowest BCUT2D eigenvalue weighted by Crippen LogP contribution is -2.34. The number of fused-ring (bicyclic) bond motifs is 1. The van der Waals surface area contributed by atoms with E-state index in [2.05, 4.69) is 4.98 Å². The summed E-state index contributed by atoms with van der Waals surface area (Å²) in [6, 6.07) is 3.37. The summed E-state index contributed by atoms with van der Waals surface area (Å²) in [6.45, 7) is 0.458. The van der Waals surface area contributed by atoms with E-state index in [1.54, 1.807) is 18.3 Å². The van der Waals surface area contributed by atoms with Gasteiger partial charge in [0.25, 0.3) is 0 Å². The Morgan fingerprint density at radius 3 is 3.05 bits per heavy atom. The van der Waals surface area contributed by atoms with Crippen LogP contribution in [0.25, 0.3) is 0 Å². The van der Waals surface area contributed by atoms with Crippen LogP contribution in [0, 0.1) is 0 Å². The number of thioether (sulfide) groups is 1. The molecule has 20 heavy (non-hydrogen) atoms. The van der Waals surface area contributed by atoms with Crippen molar-refractivity contribution < 1.29 is 24.1 Å². The third-order valence-electron chi connectivity index (χ3n) is 3.42. The fourth-order valence-corrected chi connectivity index (χ4v) is 2.99. The number of aromatic nitrogens is 1. The van der Waals surface area contributed by atoms with Gasteiger partial charge in [-0.3, -0.25) is 0 Å². The Morgan fingerprint density at radius 1 is 1.45 bits per heavy atom. The van der Waals surface area contributed by atoms with Crippen molar-refractivity contribution in [2.75, 3.05) is 19.5 Å². The Bertz CT molecular complexity index is 511. The maximum atomic E-state index is 12.2. The summed E-state index contributed by atoms with van der Waals surface area (Å²) in [4.78, 5) is 16.3. The first-order chi connectivity index (χ1) is 9.70. The number of esters is 1. The number of carbonyl (C=O) groups excluding carboxylic acids is 1. The van der Waals surface area contributed by atoms with E-state index in [9.17, 15) is 9.90 Å². The zero-order valence-electron chi connectivity index (χ0n) is 10.9. The van der Waals surface area contributed by atoms with E-state index in [0.717, 1.165) is 0 Å². The van der Waals surface area contributed by atoms with Gasteiger partial charge in [-0.15, -0.1) is 11.8 Å². The first-order valence-electron chi connectivity index (χ1n) is 6.32. The number of nitrogens with zero attached hydrogens (tertiary/aromatic N) is 1. The summed E-state index contributed by atoms with van der Waals surface area (Å²) in [7, 11) is 0. The van der Waals surface area contributed by atoms with Crippen molar-refractivity contribution in [1.29, 1.82) is 0 Å². The Labute approximate surface area is 120 Å². The van der Waals surface area contributed by atoms with E-state index in [4.69, 9.17) is 14.2 Å². The van der Waals surface area contributed by atoms with Crippen molar-refractivity contribution in [3.05, 3.63) is 23.9 Å². The number of aliphatic hydroxyl groups excluding tert-OH is 1. The topological polar surface area (TPSA) is 77.9 Å². The molecule has 2 saturated heterocycles. The molecule has 3 rings (SSSR count). The molecule has 0 amide bonds. The van der Waals surface area contributed by atoms with Crippen LogP contribution in [0.3, 0.4) is 0 Å². The van der Waals surface area contributed by atoms with Gasteiger partial charge < -0.3 is 19.3 Å². The number of carbonyl (C=O) groups is 1. The van der Waals surface area contributed by atoms with Gasteiger partial charge in [0, 0.05) is 6.20 Å². The van der Waals surface area contributed by atoms with Crippen LogP contribution in [0.5, 0.6) is 0 Å². The molecule has 1 N–H and O–H groups in total. The van der Waals surface area contributed by atoms with E-state index in [1.165, 1.54) is 11.8 Å². The van der Waals surface area contributed by atoms with Crippen molar-refractivity contribution in [2.24, 2.45) is 0 Å². The molecule has 1 aromatic rings. The van der Waals surface area contributed by atoms with E-state index < -0.39 is 24.3 Å². The first kappa shape index (κ1) is 13.8. The molecule has 7 heteroatoms. The number of pyridine rings is 1. The predicted molar refractivity (Wildman–Crippen MR) is 70.7 cm³/mol. The van der Waals surface area contributed by atoms with Crippen LogP contribution in [-0.2, 0) is 14.2 Å². The molecule has 2 aliphatic heterocycles. The zero-order valence-corrected chi connectivity index (χ0v) is 11.7. The summed E-state index contributed by atoms with van der Waals surface area (Å²) in [5, 5.41) is 10.3. The lowest BCUT2D eigenvalue weighted by Gasteiger charge is -2.17. The van der Waals surface area contributed by atoms with E-state index >= 15 is 0 Å². The van der Waals surface area contributed by atoms with Crippen molar-refractivity contribution in [3.8, 4) is 0 Å². The maximum absolute atomic E-state index is 12.2. The largest absolute Gasteiger partial charge is 0.453 e. The first-order valence-corrected chi connectivity index (χ1v) is 7.54. The number of aliphatic hydroxyl groups is 1. The van der Waals surface area contributed by atoms with Gasteiger partial charge in [0.15, 0.2) is 6.10 Å². The smallest absolute Gasteiger partial charge is 0.341 e. The van der Waals surface area contributed by atoms with Crippen LogP contribution in [-0.4, -0.2) is 59.9 Å². The van der Waals surface area contributed by atoms with Gasteiger partial charge in [0.05, 0.1) is 18.8 Å². The highest BCUT2D eigenvalue weighted by Crippen LogP contribution is 2.29. The molecular formula is C13H15NO5S. The van der Waals surface area contributed by atoms with Crippen LogP contribution in [0.2, 0.25) is 0 Å². The van der Waals surface area contributed by atoms with Gasteiger partial charge in [-0.25, -0.2) is 9.78 Å². The summed E-state index contributed by atoms with van der Waals surface area (Å²) in [5.41, 5.74) is 0.432. The average Bonchev–Trinajstić information content (AvgIpc) is 3.03. The number of ether oxygens (including phenoxy) is 3. The van der Waals surface area contributed by atoms with E-state index in [0.29, 0.717) is 10.6 Å². The van der Waals surface area contributed by atoms with Crippen molar-refractivity contribution >= 4 is 17.7 Å². The van der Waals surface area contributed by atoms with E-state index in [-0.39, 0.29) is 19.3 Å². The molecule has 0 spiro atoms. The molecule has 4 atom stereocenters. The van der Waals surface area contributed by atoms with Crippen molar-refractivity contribution in [3.63, 3.8) is 0 Å². The molecule has 2 aliphatic rings. The lowest BCUT2D eigenvalue weighted by molar-refractivity contribution is -0.0211. The molecule has 2 fully saturated rings. The summed E-state index contributed by atoms with van der Waals surface area (Å²) >= 11 is 1.39. The normalized spacial score (nSPS) is 32.1. The number of rotatable bonds is 3. The minimum Gasteiger partial charge on any atom is -0.453 e. The molecule has 3 heterocycles. The second-order valence-corrected chi connectivity index (χ2v) is 5.46. The lowest BCUT2D eigenvalue weighted by atomic mass is 10.1. The highest BCUT2D eigenvalue weighted by atomic mass is 32.2. The van der Waals surface area contributed by atoms with Crippen LogP contribution in [0.15, 0.2) is 23.4 Å². The minimum absolute atomic E-state index is 0.215. The molecule has 6 nitrogen and oxygen atoms in total. The van der Waals surface area contributed by atoms with Gasteiger partial charge in [0.1, 0.15) is 23.3 Å².